The summed E-state index contributed by atoms with van der Waals surface area (Å²) in [6.45, 7) is 1.40. The van der Waals surface area contributed by atoms with E-state index in [1.807, 2.05) is 29.2 Å². The number of benzene rings is 1. The summed E-state index contributed by atoms with van der Waals surface area (Å²) < 4.78 is 8.06. The van der Waals surface area contributed by atoms with E-state index < -0.39 is 0 Å². The average molecular weight is 281 g/mol. The summed E-state index contributed by atoms with van der Waals surface area (Å²) in [5.74, 6) is 0. The maximum Gasteiger partial charge on any atom is 0.0743 e. The molecule has 0 radical (unpaired) electrons. The molecular weight excluding hydrogens is 268 g/mol. The van der Waals surface area contributed by atoms with Crippen LogP contribution >= 0.6 is 15.9 Å². The highest BCUT2D eigenvalue weighted by Gasteiger charge is 1.99. The van der Waals surface area contributed by atoms with Crippen molar-refractivity contribution in [3.05, 3.63) is 52.3 Å². The highest BCUT2D eigenvalue weighted by Crippen LogP contribution is 2.11. The van der Waals surface area contributed by atoms with E-state index in [4.69, 9.17) is 4.74 Å². The second kappa shape index (κ2) is 5.27. The van der Waals surface area contributed by atoms with Gasteiger partial charge in [-0.05, 0) is 17.7 Å². The van der Waals surface area contributed by atoms with Gasteiger partial charge in [0.2, 0.25) is 0 Å². The molecule has 0 saturated heterocycles. The normalized spacial score (nSPS) is 10.6. The van der Waals surface area contributed by atoms with Crippen molar-refractivity contribution < 1.29 is 4.74 Å². The van der Waals surface area contributed by atoms with E-state index in [9.17, 15) is 0 Å². The van der Waals surface area contributed by atoms with E-state index in [-0.39, 0.29) is 0 Å². The third-order valence-electron chi connectivity index (χ3n) is 2.26. The zero-order valence-electron chi connectivity index (χ0n) is 9.06. The molecule has 1 heterocycles. The fourth-order valence-electron chi connectivity index (χ4n) is 1.51. The van der Waals surface area contributed by atoms with Gasteiger partial charge in [0.25, 0.3) is 0 Å². The molecule has 4 heteroatoms. The van der Waals surface area contributed by atoms with E-state index in [0.717, 1.165) is 16.6 Å². The molecule has 2 aromatic rings. The Bertz CT molecular complexity index is 450. The monoisotopic (exact) mass is 280 g/mol. The highest BCUT2D eigenvalue weighted by molar-refractivity contribution is 9.10. The lowest BCUT2D eigenvalue weighted by Gasteiger charge is -2.01. The maximum atomic E-state index is 5.05. The zero-order valence-corrected chi connectivity index (χ0v) is 10.6. The smallest absolute Gasteiger partial charge is 0.0743 e. The van der Waals surface area contributed by atoms with Crippen LogP contribution in [0.4, 0.5) is 0 Å². The summed E-state index contributed by atoms with van der Waals surface area (Å²) in [6.07, 6.45) is 3.84. The number of hydrogen-bond acceptors (Lipinski definition) is 2. The van der Waals surface area contributed by atoms with Gasteiger partial charge >= 0.3 is 0 Å². The van der Waals surface area contributed by atoms with Crippen LogP contribution in [-0.4, -0.2) is 16.9 Å². The van der Waals surface area contributed by atoms with Crippen LogP contribution in [0.1, 0.15) is 11.1 Å². The minimum atomic E-state index is 0.611. The van der Waals surface area contributed by atoms with Gasteiger partial charge in [0, 0.05) is 23.3 Å². The lowest BCUT2D eigenvalue weighted by molar-refractivity contribution is 0.185. The molecule has 0 fully saturated rings. The Morgan fingerprint density at radius 1 is 1.25 bits per heavy atom. The minimum Gasteiger partial charge on any atom is -0.380 e. The Labute approximate surface area is 103 Å². The van der Waals surface area contributed by atoms with Crippen molar-refractivity contribution >= 4 is 15.9 Å². The molecule has 0 atom stereocenters. The fraction of sp³-hybridized carbons (Fsp3) is 0.250. The van der Waals surface area contributed by atoms with Crippen molar-refractivity contribution in [2.75, 3.05) is 7.11 Å². The molecule has 0 amide bonds. The number of rotatable bonds is 4. The summed E-state index contributed by atoms with van der Waals surface area (Å²) in [5, 5.41) is 4.28. The molecule has 0 aliphatic rings. The Morgan fingerprint density at radius 3 is 2.69 bits per heavy atom. The van der Waals surface area contributed by atoms with Crippen LogP contribution in [0.3, 0.4) is 0 Å². The topological polar surface area (TPSA) is 27.1 Å². The van der Waals surface area contributed by atoms with Crippen molar-refractivity contribution in [2.45, 2.75) is 13.2 Å². The molecule has 84 valence electrons. The third kappa shape index (κ3) is 2.93. The molecule has 0 spiro atoms. The molecule has 16 heavy (non-hydrogen) atoms. The highest BCUT2D eigenvalue weighted by atomic mass is 79.9. The van der Waals surface area contributed by atoms with Crippen LogP contribution in [0.25, 0.3) is 0 Å². The fourth-order valence-corrected chi connectivity index (χ4v) is 1.78. The van der Waals surface area contributed by atoms with Crippen molar-refractivity contribution in [3.63, 3.8) is 0 Å². The van der Waals surface area contributed by atoms with Crippen LogP contribution in [-0.2, 0) is 17.9 Å². The molecule has 0 bridgehead atoms. The summed E-state index contributed by atoms with van der Waals surface area (Å²) in [5.41, 5.74) is 2.33. The quantitative estimate of drug-likeness (QED) is 0.861. The van der Waals surface area contributed by atoms with E-state index in [0.29, 0.717) is 6.61 Å². The maximum absolute atomic E-state index is 5.05. The van der Waals surface area contributed by atoms with Crippen molar-refractivity contribution in [1.29, 1.82) is 0 Å². The first kappa shape index (κ1) is 11.4. The Kier molecular flexibility index (Phi) is 3.74. The van der Waals surface area contributed by atoms with Gasteiger partial charge in [0.05, 0.1) is 19.3 Å². The summed E-state index contributed by atoms with van der Waals surface area (Å²) >= 11 is 3.42. The van der Waals surface area contributed by atoms with Crippen LogP contribution in [0.5, 0.6) is 0 Å². The molecule has 1 aromatic heterocycles. The van der Waals surface area contributed by atoms with Crippen molar-refractivity contribution in [2.24, 2.45) is 0 Å². The standard InChI is InChI=1S/C12H13BrN2O/c1-16-9-11-6-14-15(8-11)7-10-2-4-12(13)5-3-10/h2-6,8H,7,9H2,1H3. The number of methoxy groups -OCH3 is 1. The zero-order chi connectivity index (χ0) is 11.4. The first-order valence-corrected chi connectivity index (χ1v) is 5.82. The van der Waals surface area contributed by atoms with Gasteiger partial charge in [0.1, 0.15) is 0 Å². The Balaban J connectivity index is 2.05. The second-order valence-electron chi connectivity index (χ2n) is 3.61. The van der Waals surface area contributed by atoms with E-state index in [2.05, 4.69) is 33.2 Å². The number of aromatic nitrogens is 2. The van der Waals surface area contributed by atoms with E-state index in [1.165, 1.54) is 5.56 Å². The van der Waals surface area contributed by atoms with Crippen LogP contribution in [0.2, 0.25) is 0 Å². The van der Waals surface area contributed by atoms with Gasteiger partial charge < -0.3 is 4.74 Å². The summed E-state index contributed by atoms with van der Waals surface area (Å²) in [4.78, 5) is 0. The van der Waals surface area contributed by atoms with Crippen LogP contribution < -0.4 is 0 Å². The molecule has 0 aliphatic carbocycles. The SMILES string of the molecule is COCc1cnn(Cc2ccc(Br)cc2)c1. The molecule has 0 N–H and O–H groups in total. The largest absolute Gasteiger partial charge is 0.380 e. The molecule has 1 aromatic carbocycles. The van der Waals surface area contributed by atoms with Gasteiger partial charge in [-0.2, -0.15) is 5.10 Å². The summed E-state index contributed by atoms with van der Waals surface area (Å²) in [7, 11) is 1.69. The lowest BCUT2D eigenvalue weighted by atomic mass is 10.2. The lowest BCUT2D eigenvalue weighted by Crippen LogP contribution is -1.99. The molecule has 2 rings (SSSR count). The number of halogens is 1. The number of ether oxygens (including phenoxy) is 1. The molecule has 0 aliphatic heterocycles. The number of nitrogens with zero attached hydrogens (tertiary/aromatic N) is 2. The van der Waals surface area contributed by atoms with Crippen LogP contribution in [0, 0.1) is 0 Å². The molecular formula is C12H13BrN2O. The van der Waals surface area contributed by atoms with E-state index >= 15 is 0 Å². The Morgan fingerprint density at radius 2 is 2.00 bits per heavy atom. The first-order valence-electron chi connectivity index (χ1n) is 5.02. The van der Waals surface area contributed by atoms with Gasteiger partial charge in [-0.3, -0.25) is 4.68 Å². The Hall–Kier alpha value is -1.13. The average Bonchev–Trinajstić information content (AvgIpc) is 2.70. The number of hydrogen-bond donors (Lipinski definition) is 0. The molecule has 3 nitrogen and oxygen atoms in total. The van der Waals surface area contributed by atoms with Gasteiger partial charge in [0.15, 0.2) is 0 Å². The second-order valence-corrected chi connectivity index (χ2v) is 4.52. The summed E-state index contributed by atoms with van der Waals surface area (Å²) in [6, 6.07) is 8.24. The minimum absolute atomic E-state index is 0.611. The van der Waals surface area contributed by atoms with E-state index in [1.54, 1.807) is 7.11 Å². The van der Waals surface area contributed by atoms with Gasteiger partial charge in [-0.15, -0.1) is 0 Å². The third-order valence-corrected chi connectivity index (χ3v) is 2.78. The van der Waals surface area contributed by atoms with Crippen LogP contribution in [0.15, 0.2) is 41.1 Å². The predicted octanol–water partition coefficient (Wildman–Crippen LogP) is 2.84. The predicted molar refractivity (Wildman–Crippen MR) is 66.2 cm³/mol. The molecule has 0 unspecified atom stereocenters. The van der Waals surface area contributed by atoms with Crippen molar-refractivity contribution in [1.82, 2.24) is 9.78 Å². The first-order chi connectivity index (χ1) is 7.78. The molecule has 0 saturated carbocycles. The van der Waals surface area contributed by atoms with Gasteiger partial charge in [-0.1, -0.05) is 28.1 Å². The van der Waals surface area contributed by atoms with Gasteiger partial charge in [-0.25, -0.2) is 0 Å². The van der Waals surface area contributed by atoms with Crippen molar-refractivity contribution in [3.8, 4) is 0 Å².